The van der Waals surface area contributed by atoms with Crippen LogP contribution in [0.3, 0.4) is 0 Å². The minimum Gasteiger partial charge on any atom is -0.504 e. The zero-order valence-electron chi connectivity index (χ0n) is 25.4. The van der Waals surface area contributed by atoms with Crippen molar-refractivity contribution in [3.05, 3.63) is 39.8 Å². The Balaban J connectivity index is 1.30. The lowest BCUT2D eigenvalue weighted by molar-refractivity contribution is -0.337. The fourth-order valence-electron chi connectivity index (χ4n) is 6.90. The summed E-state index contributed by atoms with van der Waals surface area (Å²) in [6, 6.07) is 0. The van der Waals surface area contributed by atoms with Crippen molar-refractivity contribution in [2.24, 2.45) is 5.41 Å². The van der Waals surface area contributed by atoms with Crippen molar-refractivity contribution in [2.75, 3.05) is 50.1 Å². The predicted molar refractivity (Wildman–Crippen MR) is 157 cm³/mol. The van der Waals surface area contributed by atoms with Crippen LogP contribution in [0.1, 0.15) is 48.1 Å². The highest BCUT2D eigenvalue weighted by molar-refractivity contribution is 5.95. The van der Waals surface area contributed by atoms with Crippen LogP contribution in [0.2, 0.25) is 0 Å². The van der Waals surface area contributed by atoms with E-state index in [-0.39, 0.29) is 85.7 Å². The molecule has 4 fully saturated rings. The van der Waals surface area contributed by atoms with E-state index < -0.39 is 28.9 Å². The Labute approximate surface area is 256 Å². The number of hydrogen-bond donors (Lipinski definition) is 2. The summed E-state index contributed by atoms with van der Waals surface area (Å²) >= 11 is 0. The van der Waals surface area contributed by atoms with Gasteiger partial charge in [-0.1, -0.05) is 6.92 Å². The van der Waals surface area contributed by atoms with E-state index in [0.29, 0.717) is 23.6 Å². The summed E-state index contributed by atoms with van der Waals surface area (Å²) in [5, 5.41) is 13.1. The van der Waals surface area contributed by atoms with Crippen LogP contribution in [0.25, 0.3) is 11.2 Å². The number of rotatable bonds is 7. The molecular formula is C29H34F3N9O4. The van der Waals surface area contributed by atoms with Crippen LogP contribution in [0, 0.1) is 12.3 Å². The van der Waals surface area contributed by atoms with Gasteiger partial charge in [0.05, 0.1) is 17.3 Å². The number of alkyl halides is 3. The lowest BCUT2D eigenvalue weighted by Crippen LogP contribution is -2.78. The Morgan fingerprint density at radius 1 is 1.09 bits per heavy atom. The first-order chi connectivity index (χ1) is 21.2. The lowest BCUT2D eigenvalue weighted by Gasteiger charge is -2.70. The molecule has 1 aliphatic heterocycles. The Morgan fingerprint density at radius 3 is 2.36 bits per heavy atom. The number of hydrogen-bond acceptors (Lipinski definition) is 10. The van der Waals surface area contributed by atoms with Crippen molar-refractivity contribution in [1.82, 2.24) is 34.7 Å². The summed E-state index contributed by atoms with van der Waals surface area (Å²) in [5.74, 6) is -0.766. The molecule has 3 aliphatic carbocycles. The fraction of sp³-hybridized carbons (Fsp3) is 0.552. The molecule has 13 nitrogen and oxygen atoms in total. The zero-order chi connectivity index (χ0) is 32.5. The number of nitrogens with zero attached hydrogens (tertiary/aromatic N) is 8. The second-order valence-electron chi connectivity index (χ2n) is 12.4. The quantitative estimate of drug-likeness (QED) is 0.396. The molecule has 2 bridgehead atoms. The maximum atomic E-state index is 14.0. The molecular weight excluding hydrogens is 595 g/mol. The van der Waals surface area contributed by atoms with E-state index >= 15 is 0 Å². The summed E-state index contributed by atoms with van der Waals surface area (Å²) in [4.78, 5) is 62.5. The molecule has 4 heterocycles. The maximum Gasteiger partial charge on any atom is 0.394 e. The summed E-state index contributed by atoms with van der Waals surface area (Å²) in [7, 11) is 3.52. The molecule has 45 heavy (non-hydrogen) atoms. The number of carbonyl (C=O) groups is 2. The summed E-state index contributed by atoms with van der Waals surface area (Å²) in [6.45, 7) is 4.18. The van der Waals surface area contributed by atoms with Crippen molar-refractivity contribution in [1.29, 1.82) is 0 Å². The maximum absolute atomic E-state index is 14.0. The lowest BCUT2D eigenvalue weighted by atomic mass is 9.39. The minimum atomic E-state index is -4.29. The Morgan fingerprint density at radius 2 is 1.76 bits per heavy atom. The van der Waals surface area contributed by atoms with Crippen molar-refractivity contribution >= 4 is 34.5 Å². The van der Waals surface area contributed by atoms with Gasteiger partial charge in [0.15, 0.2) is 22.6 Å². The molecule has 3 aromatic rings. The van der Waals surface area contributed by atoms with Gasteiger partial charge >= 0.3 is 6.18 Å². The third-order valence-corrected chi connectivity index (χ3v) is 9.25. The SMILES string of the molecule is CCc1c(N2CCN(C(=O)c3ncnc(C)c3O)CC2)c(=O)c2nc(N(C)C)cnc2n1CC(=O)NC12CC(C(F)(F)F)(C1)C2. The predicted octanol–water partition coefficient (Wildman–Crippen LogP) is 1.79. The largest absolute Gasteiger partial charge is 0.504 e. The van der Waals surface area contributed by atoms with Crippen LogP contribution in [-0.4, -0.2) is 98.3 Å². The van der Waals surface area contributed by atoms with Gasteiger partial charge in [-0.05, 0) is 32.6 Å². The number of amides is 2. The van der Waals surface area contributed by atoms with Crippen molar-refractivity contribution < 1.29 is 27.9 Å². The first kappa shape index (κ1) is 30.5. The summed E-state index contributed by atoms with van der Waals surface area (Å²) in [5.41, 5.74) is -1.62. The zero-order valence-corrected chi connectivity index (χ0v) is 25.4. The molecule has 0 radical (unpaired) electrons. The van der Waals surface area contributed by atoms with Crippen molar-refractivity contribution in [3.8, 4) is 5.75 Å². The van der Waals surface area contributed by atoms with E-state index in [1.807, 2.05) is 11.8 Å². The van der Waals surface area contributed by atoms with Gasteiger partial charge in [0.1, 0.15) is 24.4 Å². The standard InChI is InChI=1S/C29H34F3N9O4/c1-5-17-22(39-6-8-40(9-7-39)26(45)21-23(43)16(2)34-15-35-21)24(44)20-25(33-10-18(36-20)38(3)4)41(17)11-19(42)37-28-12-27(13-28,14-28)29(30,31)32/h10,15,43H,5-9,11-14H2,1-4H3,(H,37,42). The number of aromatic hydroxyl groups is 1. The van der Waals surface area contributed by atoms with Gasteiger partial charge in [0.25, 0.3) is 5.91 Å². The Bertz CT molecular complexity index is 1750. The minimum absolute atomic E-state index is 0.0580. The number of aryl methyl sites for hydroxylation is 1. The van der Waals surface area contributed by atoms with E-state index in [9.17, 15) is 32.7 Å². The highest BCUT2D eigenvalue weighted by Gasteiger charge is 2.78. The Kier molecular flexibility index (Phi) is 7.16. The van der Waals surface area contributed by atoms with Crippen LogP contribution in [-0.2, 0) is 17.8 Å². The van der Waals surface area contributed by atoms with Crippen LogP contribution >= 0.6 is 0 Å². The molecule has 240 valence electrons. The molecule has 2 amide bonds. The van der Waals surface area contributed by atoms with Crippen LogP contribution < -0.4 is 20.5 Å². The number of pyridine rings is 1. The molecule has 0 spiro atoms. The number of piperazine rings is 1. The highest BCUT2D eigenvalue weighted by atomic mass is 19.4. The molecule has 7 rings (SSSR count). The number of nitrogens with one attached hydrogen (secondary N) is 1. The van der Waals surface area contributed by atoms with Gasteiger partial charge in [-0.25, -0.2) is 19.9 Å². The molecule has 2 N–H and O–H groups in total. The molecule has 4 aliphatic rings. The number of halogens is 3. The van der Waals surface area contributed by atoms with Gasteiger partial charge < -0.3 is 29.7 Å². The average Bonchev–Trinajstić information content (AvgIpc) is 2.95. The normalized spacial score (nSPS) is 22.6. The van der Waals surface area contributed by atoms with E-state index in [1.165, 1.54) is 17.4 Å². The van der Waals surface area contributed by atoms with E-state index in [4.69, 9.17) is 0 Å². The number of fused-ring (bicyclic) bond motifs is 1. The van der Waals surface area contributed by atoms with Crippen LogP contribution in [0.4, 0.5) is 24.7 Å². The first-order valence-corrected chi connectivity index (χ1v) is 14.7. The number of carbonyl (C=O) groups excluding carboxylic acids is 2. The second kappa shape index (κ2) is 10.5. The topological polar surface area (TPSA) is 150 Å². The summed E-state index contributed by atoms with van der Waals surface area (Å²) in [6.07, 6.45) is -1.63. The molecule has 16 heteroatoms. The number of aromatic nitrogens is 5. The molecule has 0 atom stereocenters. The monoisotopic (exact) mass is 629 g/mol. The van der Waals surface area contributed by atoms with Gasteiger partial charge in [-0.15, -0.1) is 0 Å². The van der Waals surface area contributed by atoms with E-state index in [1.54, 1.807) is 30.5 Å². The van der Waals surface area contributed by atoms with Gasteiger partial charge in [-0.3, -0.25) is 14.4 Å². The van der Waals surface area contributed by atoms with Crippen molar-refractivity contribution in [2.45, 2.75) is 57.8 Å². The van der Waals surface area contributed by atoms with Crippen molar-refractivity contribution in [3.63, 3.8) is 0 Å². The second-order valence-corrected chi connectivity index (χ2v) is 12.4. The summed E-state index contributed by atoms with van der Waals surface area (Å²) < 4.78 is 41.8. The van der Waals surface area contributed by atoms with Gasteiger partial charge in [0, 0.05) is 51.5 Å². The van der Waals surface area contributed by atoms with Gasteiger partial charge in [0.2, 0.25) is 11.3 Å². The Hall–Kier alpha value is -4.50. The molecule has 1 saturated heterocycles. The first-order valence-electron chi connectivity index (χ1n) is 14.7. The van der Waals surface area contributed by atoms with Crippen LogP contribution in [0.5, 0.6) is 5.75 Å². The molecule has 0 aromatic carbocycles. The third kappa shape index (κ3) is 4.90. The fourth-order valence-corrected chi connectivity index (χ4v) is 6.90. The van der Waals surface area contributed by atoms with E-state index in [2.05, 4.69) is 25.3 Å². The molecule has 3 aromatic heterocycles. The van der Waals surface area contributed by atoms with Crippen LogP contribution in [0.15, 0.2) is 17.3 Å². The highest BCUT2D eigenvalue weighted by Crippen LogP contribution is 2.73. The average molecular weight is 630 g/mol. The molecule has 3 saturated carbocycles. The third-order valence-electron chi connectivity index (χ3n) is 9.25. The number of anilines is 2. The van der Waals surface area contributed by atoms with E-state index in [0.717, 1.165) is 0 Å². The smallest absolute Gasteiger partial charge is 0.394 e. The van der Waals surface area contributed by atoms with Gasteiger partial charge in [-0.2, -0.15) is 13.2 Å². The molecule has 0 unspecified atom stereocenters.